The zero-order valence-electron chi connectivity index (χ0n) is 19.6. The average molecular weight is 449 g/mol. The van der Waals surface area contributed by atoms with Gasteiger partial charge in [0.05, 0.1) is 31.7 Å². The lowest BCUT2D eigenvalue weighted by Gasteiger charge is -2.65. The van der Waals surface area contributed by atoms with Gasteiger partial charge in [-0.1, -0.05) is 24.3 Å². The molecule has 2 aromatic rings. The molecule has 5 aliphatic rings. The number of rotatable bonds is 5. The first-order valence-corrected chi connectivity index (χ1v) is 12.6. The number of aliphatic hydroxyl groups is 1. The first-order chi connectivity index (χ1) is 16.0. The van der Waals surface area contributed by atoms with E-state index in [1.807, 2.05) is 30.3 Å². The Kier molecular flexibility index (Phi) is 4.15. The van der Waals surface area contributed by atoms with Gasteiger partial charge >= 0.3 is 0 Å². The number of quaternary nitrogens is 1. The van der Waals surface area contributed by atoms with E-state index in [9.17, 15) is 5.11 Å². The fourth-order valence-electron chi connectivity index (χ4n) is 8.04. The summed E-state index contributed by atoms with van der Waals surface area (Å²) in [6.45, 7) is 2.28. The summed E-state index contributed by atoms with van der Waals surface area (Å²) in [4.78, 5) is 0. The Morgan fingerprint density at radius 3 is 2.67 bits per heavy atom. The number of nitrogens with zero attached hydrogens (tertiary/aromatic N) is 1. The van der Waals surface area contributed by atoms with Crippen LogP contribution in [-0.2, 0) is 16.6 Å². The van der Waals surface area contributed by atoms with Crippen LogP contribution in [-0.4, -0.2) is 60.7 Å². The third-order valence-electron chi connectivity index (χ3n) is 9.68. The Bertz CT molecular complexity index is 1100. The molecular formula is C28H34NO4+. The largest absolute Gasteiger partial charge is 0.482 e. The van der Waals surface area contributed by atoms with E-state index >= 15 is 0 Å². The molecule has 1 saturated heterocycles. The van der Waals surface area contributed by atoms with Gasteiger partial charge in [-0.2, -0.15) is 0 Å². The van der Waals surface area contributed by atoms with E-state index < -0.39 is 11.0 Å². The van der Waals surface area contributed by atoms with Gasteiger partial charge in [0.25, 0.3) is 0 Å². The third-order valence-corrected chi connectivity index (χ3v) is 9.68. The number of hydrogen-bond acceptors (Lipinski definition) is 4. The molecule has 2 bridgehead atoms. The number of para-hydroxylation sites is 1. The van der Waals surface area contributed by atoms with Gasteiger partial charge in [0, 0.05) is 31.4 Å². The molecule has 33 heavy (non-hydrogen) atoms. The zero-order valence-corrected chi connectivity index (χ0v) is 19.6. The molecule has 1 unspecified atom stereocenters. The summed E-state index contributed by atoms with van der Waals surface area (Å²) >= 11 is 0. The van der Waals surface area contributed by atoms with Crippen LogP contribution in [0.2, 0.25) is 0 Å². The van der Waals surface area contributed by atoms with Crippen molar-refractivity contribution in [3.8, 4) is 17.2 Å². The predicted molar refractivity (Wildman–Crippen MR) is 125 cm³/mol. The number of hydrogen-bond donors (Lipinski definition) is 1. The minimum absolute atomic E-state index is 0.0193. The van der Waals surface area contributed by atoms with Crippen molar-refractivity contribution in [2.75, 3.05) is 27.2 Å². The first kappa shape index (κ1) is 20.3. The maximum atomic E-state index is 12.7. The van der Waals surface area contributed by atoms with Gasteiger partial charge in [0.15, 0.2) is 11.5 Å². The van der Waals surface area contributed by atoms with E-state index in [1.54, 1.807) is 7.11 Å². The van der Waals surface area contributed by atoms with Crippen molar-refractivity contribution < 1.29 is 23.8 Å². The maximum Gasteiger partial charge on any atom is 0.169 e. The molecule has 6 atom stereocenters. The van der Waals surface area contributed by atoms with Crippen LogP contribution in [0.4, 0.5) is 0 Å². The lowest BCUT2D eigenvalue weighted by atomic mass is 9.48. The molecule has 1 N–H and O–H groups in total. The van der Waals surface area contributed by atoms with Crippen molar-refractivity contribution >= 4 is 0 Å². The van der Waals surface area contributed by atoms with E-state index in [0.29, 0.717) is 0 Å². The highest BCUT2D eigenvalue weighted by Gasteiger charge is 2.76. The van der Waals surface area contributed by atoms with Crippen LogP contribution in [0.15, 0.2) is 42.5 Å². The summed E-state index contributed by atoms with van der Waals surface area (Å²) in [5.74, 6) is 3.21. The predicted octanol–water partition coefficient (Wildman–Crippen LogP) is 4.20. The van der Waals surface area contributed by atoms with Crippen molar-refractivity contribution in [2.24, 2.45) is 5.92 Å². The molecule has 2 heterocycles. The zero-order chi connectivity index (χ0) is 22.4. The second kappa shape index (κ2) is 6.74. The lowest BCUT2D eigenvalue weighted by Crippen LogP contribution is -2.81. The average Bonchev–Trinajstić information content (AvgIpc) is 3.55. The minimum atomic E-state index is -0.780. The summed E-state index contributed by atoms with van der Waals surface area (Å²) in [6, 6.07) is 14.4. The molecule has 2 aliphatic heterocycles. The van der Waals surface area contributed by atoms with Crippen LogP contribution in [0, 0.1) is 5.92 Å². The standard InChI is InChI=1S/C28H34NO4/c1-29(17-18-8-9-18)15-14-27-24-19-10-11-21(32-20-6-4-3-5-7-20)25(24)33-26(27)22(31-2)12-13-28(27,30)23(29)16-19/h3-7,10-11,18,22-23,26,30H,8-9,12-17H2,1-2H3/q+1/t22-,23+,26-,27-,28+,29?/m0/s1. The monoisotopic (exact) mass is 448 g/mol. The molecule has 174 valence electrons. The fraction of sp³-hybridized carbons (Fsp3) is 0.571. The summed E-state index contributed by atoms with van der Waals surface area (Å²) in [6.07, 6.45) is 5.95. The highest BCUT2D eigenvalue weighted by Crippen LogP contribution is 2.67. The molecule has 2 aromatic carbocycles. The van der Waals surface area contributed by atoms with Crippen LogP contribution in [0.3, 0.4) is 0 Å². The number of likely N-dealkylation sites (N-methyl/N-ethyl adjacent to an activating group) is 1. The topological polar surface area (TPSA) is 47.9 Å². The van der Waals surface area contributed by atoms with Crippen molar-refractivity contribution in [1.29, 1.82) is 0 Å². The van der Waals surface area contributed by atoms with E-state index in [0.717, 1.165) is 59.9 Å². The molecule has 3 aliphatic carbocycles. The molecule has 2 saturated carbocycles. The lowest BCUT2D eigenvalue weighted by molar-refractivity contribution is -0.950. The summed E-state index contributed by atoms with van der Waals surface area (Å²) < 4.78 is 20.1. The number of methoxy groups -OCH3 is 1. The second-order valence-corrected chi connectivity index (χ2v) is 11.4. The van der Waals surface area contributed by atoms with Crippen LogP contribution in [0.25, 0.3) is 0 Å². The number of ether oxygens (including phenoxy) is 3. The molecule has 0 amide bonds. The number of piperidine rings is 1. The van der Waals surface area contributed by atoms with Gasteiger partial charge < -0.3 is 23.8 Å². The van der Waals surface area contributed by atoms with Crippen molar-refractivity contribution in [2.45, 2.75) is 67.8 Å². The minimum Gasteiger partial charge on any atom is -0.482 e. The summed E-state index contributed by atoms with van der Waals surface area (Å²) in [5.41, 5.74) is 1.34. The Hall–Kier alpha value is -2.08. The molecule has 3 fully saturated rings. The van der Waals surface area contributed by atoms with E-state index in [2.05, 4.69) is 19.2 Å². The molecule has 5 nitrogen and oxygen atoms in total. The SMILES string of the molecule is CO[C@H]1CC[C@@]2(O)[C@H]3Cc4ccc(Oc5ccccc5)c5c4[C@@]2(CC[N+]3(C)CC2CC2)[C@H]1O5. The Balaban J connectivity index is 1.40. The van der Waals surface area contributed by atoms with Crippen molar-refractivity contribution in [3.63, 3.8) is 0 Å². The van der Waals surface area contributed by atoms with Crippen molar-refractivity contribution in [1.82, 2.24) is 0 Å². The fourth-order valence-corrected chi connectivity index (χ4v) is 8.04. The first-order valence-electron chi connectivity index (χ1n) is 12.6. The van der Waals surface area contributed by atoms with E-state index in [4.69, 9.17) is 14.2 Å². The molecule has 0 aromatic heterocycles. The summed E-state index contributed by atoms with van der Waals surface area (Å²) in [5, 5.41) is 12.7. The van der Waals surface area contributed by atoms with Crippen LogP contribution >= 0.6 is 0 Å². The van der Waals surface area contributed by atoms with Crippen LogP contribution < -0.4 is 9.47 Å². The maximum absolute atomic E-state index is 12.7. The van der Waals surface area contributed by atoms with Gasteiger partial charge in [-0.25, -0.2) is 0 Å². The van der Waals surface area contributed by atoms with Gasteiger partial charge in [-0.15, -0.1) is 0 Å². The van der Waals surface area contributed by atoms with Crippen LogP contribution in [0.5, 0.6) is 17.2 Å². The van der Waals surface area contributed by atoms with Crippen LogP contribution in [0.1, 0.15) is 43.2 Å². The Morgan fingerprint density at radius 2 is 1.91 bits per heavy atom. The highest BCUT2D eigenvalue weighted by molar-refractivity contribution is 5.63. The van der Waals surface area contributed by atoms with E-state index in [1.165, 1.54) is 30.5 Å². The Labute approximate surface area is 195 Å². The Morgan fingerprint density at radius 1 is 1.09 bits per heavy atom. The quantitative estimate of drug-likeness (QED) is 0.697. The number of benzene rings is 2. The van der Waals surface area contributed by atoms with Gasteiger partial charge in [0.2, 0.25) is 0 Å². The molecule has 0 radical (unpaired) electrons. The second-order valence-electron chi connectivity index (χ2n) is 11.4. The molecule has 5 heteroatoms. The highest BCUT2D eigenvalue weighted by atomic mass is 16.6. The molecule has 7 rings (SSSR count). The number of likely N-dealkylation sites (tertiary alicyclic amines) is 1. The van der Waals surface area contributed by atoms with Gasteiger partial charge in [-0.3, -0.25) is 0 Å². The summed E-state index contributed by atoms with van der Waals surface area (Å²) in [7, 11) is 4.19. The smallest absolute Gasteiger partial charge is 0.169 e. The van der Waals surface area contributed by atoms with E-state index in [-0.39, 0.29) is 18.2 Å². The molecular weight excluding hydrogens is 414 g/mol. The van der Waals surface area contributed by atoms with Crippen molar-refractivity contribution in [3.05, 3.63) is 53.6 Å². The third kappa shape index (κ3) is 2.59. The normalized spacial score (nSPS) is 40.2. The van der Waals surface area contributed by atoms with Gasteiger partial charge in [0.1, 0.15) is 23.5 Å². The van der Waals surface area contributed by atoms with Gasteiger partial charge in [-0.05, 0) is 49.4 Å². The molecule has 1 spiro atoms.